The first-order chi connectivity index (χ1) is 9.13. The Bertz CT molecular complexity index is 397. The fourth-order valence-corrected chi connectivity index (χ4v) is 3.03. The van der Waals surface area contributed by atoms with E-state index in [0.29, 0.717) is 6.04 Å². The molecule has 0 bridgehead atoms. The highest BCUT2D eigenvalue weighted by Crippen LogP contribution is 2.13. The normalized spacial score (nSPS) is 20.9. The minimum Gasteiger partial charge on any atom is -0.311 e. The van der Waals surface area contributed by atoms with Crippen molar-refractivity contribution in [3.8, 4) is 0 Å². The first-order valence-corrected chi connectivity index (χ1v) is 7.77. The number of nitrogens with one attached hydrogen (secondary N) is 1. The Balaban J connectivity index is 1.73. The number of piperazine rings is 1. The highest BCUT2D eigenvalue weighted by Gasteiger charge is 2.16. The van der Waals surface area contributed by atoms with Crippen molar-refractivity contribution in [1.82, 2.24) is 15.1 Å². The van der Waals surface area contributed by atoms with Crippen LogP contribution in [0.2, 0.25) is 0 Å². The van der Waals surface area contributed by atoms with Crippen LogP contribution in [-0.2, 0) is 6.54 Å². The molecule has 1 unspecified atom stereocenters. The van der Waals surface area contributed by atoms with E-state index in [1.165, 1.54) is 25.1 Å². The van der Waals surface area contributed by atoms with Crippen LogP contribution in [0.1, 0.15) is 12.0 Å². The average molecular weight is 326 g/mol. The van der Waals surface area contributed by atoms with E-state index >= 15 is 0 Å². The smallest absolute Gasteiger partial charge is 0.0231 e. The molecule has 19 heavy (non-hydrogen) atoms. The lowest BCUT2D eigenvalue weighted by molar-refractivity contribution is 0.212. The molecule has 1 aromatic rings. The molecule has 0 spiro atoms. The predicted molar refractivity (Wildman–Crippen MR) is 84.4 cm³/mol. The summed E-state index contributed by atoms with van der Waals surface area (Å²) in [5.41, 5.74) is 1.37. The van der Waals surface area contributed by atoms with Gasteiger partial charge in [-0.15, -0.1) is 0 Å². The Morgan fingerprint density at radius 2 is 2.32 bits per heavy atom. The Morgan fingerprint density at radius 1 is 1.47 bits per heavy atom. The van der Waals surface area contributed by atoms with Gasteiger partial charge in [-0.2, -0.15) is 0 Å². The second-order valence-electron chi connectivity index (χ2n) is 5.57. The van der Waals surface area contributed by atoms with Gasteiger partial charge >= 0.3 is 0 Å². The third kappa shape index (κ3) is 5.22. The number of nitrogens with zero attached hydrogens (tertiary/aromatic N) is 2. The highest BCUT2D eigenvalue weighted by molar-refractivity contribution is 9.10. The molecular weight excluding hydrogens is 302 g/mol. The van der Waals surface area contributed by atoms with Gasteiger partial charge in [0.25, 0.3) is 0 Å². The zero-order valence-electron chi connectivity index (χ0n) is 11.9. The molecule has 0 radical (unpaired) electrons. The molecule has 1 heterocycles. The highest BCUT2D eigenvalue weighted by atomic mass is 79.9. The van der Waals surface area contributed by atoms with Gasteiger partial charge in [0.05, 0.1) is 0 Å². The number of benzene rings is 1. The molecule has 1 aliphatic heterocycles. The van der Waals surface area contributed by atoms with E-state index in [1.54, 1.807) is 0 Å². The van der Waals surface area contributed by atoms with Crippen LogP contribution in [-0.4, -0.2) is 56.1 Å². The van der Waals surface area contributed by atoms with Crippen LogP contribution in [0, 0.1) is 0 Å². The van der Waals surface area contributed by atoms with Crippen LogP contribution in [0.15, 0.2) is 28.7 Å². The quantitative estimate of drug-likeness (QED) is 0.895. The van der Waals surface area contributed by atoms with Gasteiger partial charge in [-0.25, -0.2) is 0 Å². The van der Waals surface area contributed by atoms with Gasteiger partial charge in [0, 0.05) is 36.7 Å². The minimum absolute atomic E-state index is 0.642. The van der Waals surface area contributed by atoms with Crippen LogP contribution in [0.5, 0.6) is 0 Å². The Morgan fingerprint density at radius 3 is 3.05 bits per heavy atom. The number of hydrogen-bond acceptors (Lipinski definition) is 3. The largest absolute Gasteiger partial charge is 0.311 e. The summed E-state index contributed by atoms with van der Waals surface area (Å²) >= 11 is 3.53. The molecular formula is C15H24BrN3. The standard InChI is InChI=1S/C15H24BrN3/c1-18(11-13-4-3-5-14(16)10-13)8-6-15-12-19(2)9-7-17-15/h3-5,10,15,17H,6-9,11-12H2,1-2H3. The van der Waals surface area contributed by atoms with Crippen LogP contribution in [0.25, 0.3) is 0 Å². The van der Waals surface area contributed by atoms with E-state index in [9.17, 15) is 0 Å². The average Bonchev–Trinajstić information content (AvgIpc) is 2.36. The Kier molecular flexibility index (Phi) is 5.82. The first kappa shape index (κ1) is 15.0. The van der Waals surface area contributed by atoms with Crippen molar-refractivity contribution in [2.24, 2.45) is 0 Å². The second kappa shape index (κ2) is 7.39. The zero-order valence-corrected chi connectivity index (χ0v) is 13.5. The monoisotopic (exact) mass is 325 g/mol. The van der Waals surface area contributed by atoms with E-state index < -0.39 is 0 Å². The molecule has 0 aliphatic carbocycles. The molecule has 1 N–H and O–H groups in total. The molecule has 4 heteroatoms. The van der Waals surface area contributed by atoms with Crippen molar-refractivity contribution in [3.63, 3.8) is 0 Å². The molecule has 1 aromatic carbocycles. The van der Waals surface area contributed by atoms with Gasteiger partial charge in [-0.1, -0.05) is 28.1 Å². The maximum absolute atomic E-state index is 3.60. The van der Waals surface area contributed by atoms with Crippen molar-refractivity contribution < 1.29 is 0 Å². The lowest BCUT2D eigenvalue weighted by Gasteiger charge is -2.32. The van der Waals surface area contributed by atoms with E-state index in [0.717, 1.165) is 24.1 Å². The molecule has 1 aliphatic rings. The summed E-state index contributed by atoms with van der Waals surface area (Å²) < 4.78 is 1.16. The van der Waals surface area contributed by atoms with Crippen molar-refractivity contribution in [2.45, 2.75) is 19.0 Å². The van der Waals surface area contributed by atoms with Gasteiger partial charge in [0.2, 0.25) is 0 Å². The maximum atomic E-state index is 3.60. The molecule has 1 fully saturated rings. The van der Waals surface area contributed by atoms with E-state index in [4.69, 9.17) is 0 Å². The molecule has 1 atom stereocenters. The van der Waals surface area contributed by atoms with Crippen LogP contribution in [0.4, 0.5) is 0 Å². The summed E-state index contributed by atoms with van der Waals surface area (Å²) in [6, 6.07) is 9.21. The lowest BCUT2D eigenvalue weighted by Crippen LogP contribution is -2.49. The topological polar surface area (TPSA) is 18.5 Å². The summed E-state index contributed by atoms with van der Waals surface area (Å²) in [5.74, 6) is 0. The summed E-state index contributed by atoms with van der Waals surface area (Å²) in [6.07, 6.45) is 1.22. The molecule has 106 valence electrons. The zero-order chi connectivity index (χ0) is 13.7. The van der Waals surface area contributed by atoms with Crippen molar-refractivity contribution in [1.29, 1.82) is 0 Å². The van der Waals surface area contributed by atoms with Gasteiger partial charge < -0.3 is 15.1 Å². The van der Waals surface area contributed by atoms with Gasteiger partial charge in [-0.3, -0.25) is 0 Å². The number of halogens is 1. The molecule has 0 aromatic heterocycles. The van der Waals surface area contributed by atoms with Crippen molar-refractivity contribution >= 4 is 15.9 Å². The van der Waals surface area contributed by atoms with Crippen LogP contribution in [0.3, 0.4) is 0 Å². The van der Waals surface area contributed by atoms with Crippen LogP contribution < -0.4 is 5.32 Å². The van der Waals surface area contributed by atoms with E-state index in [1.807, 2.05) is 0 Å². The van der Waals surface area contributed by atoms with Crippen molar-refractivity contribution in [3.05, 3.63) is 34.3 Å². The third-order valence-corrected chi connectivity index (χ3v) is 4.15. The third-order valence-electron chi connectivity index (χ3n) is 3.66. The summed E-state index contributed by atoms with van der Waals surface area (Å²) in [6.45, 7) is 5.62. The fraction of sp³-hybridized carbons (Fsp3) is 0.600. The van der Waals surface area contributed by atoms with Crippen LogP contribution >= 0.6 is 15.9 Å². The number of rotatable bonds is 5. The Labute approximate surface area is 125 Å². The second-order valence-corrected chi connectivity index (χ2v) is 6.49. The first-order valence-electron chi connectivity index (χ1n) is 6.98. The van der Waals surface area contributed by atoms with E-state index in [-0.39, 0.29) is 0 Å². The maximum Gasteiger partial charge on any atom is 0.0231 e. The summed E-state index contributed by atoms with van der Waals surface area (Å²) in [7, 11) is 4.41. The van der Waals surface area contributed by atoms with Gasteiger partial charge in [0.15, 0.2) is 0 Å². The predicted octanol–water partition coefficient (Wildman–Crippen LogP) is 2.17. The summed E-state index contributed by atoms with van der Waals surface area (Å²) in [4.78, 5) is 4.81. The van der Waals surface area contributed by atoms with E-state index in [2.05, 4.69) is 69.4 Å². The lowest BCUT2D eigenvalue weighted by atomic mass is 10.1. The SMILES string of the molecule is CN(CCC1CN(C)CCN1)Cc1cccc(Br)c1. The molecule has 3 nitrogen and oxygen atoms in total. The Hall–Kier alpha value is -0.420. The molecule has 2 rings (SSSR count). The van der Waals surface area contributed by atoms with Gasteiger partial charge in [-0.05, 0) is 44.8 Å². The fourth-order valence-electron chi connectivity index (χ4n) is 2.59. The van der Waals surface area contributed by atoms with Gasteiger partial charge in [0.1, 0.15) is 0 Å². The number of hydrogen-bond donors (Lipinski definition) is 1. The minimum atomic E-state index is 0.642. The number of likely N-dealkylation sites (N-methyl/N-ethyl adjacent to an activating group) is 1. The van der Waals surface area contributed by atoms with Crippen molar-refractivity contribution in [2.75, 3.05) is 40.3 Å². The summed E-state index contributed by atoms with van der Waals surface area (Å²) in [5, 5.41) is 3.60. The molecule has 1 saturated heterocycles. The molecule has 0 amide bonds. The molecule has 0 saturated carbocycles.